The Morgan fingerprint density at radius 1 is 1.42 bits per heavy atom. The molecule has 0 saturated carbocycles. The Bertz CT molecular complexity index is 274. The fourth-order valence-corrected chi connectivity index (χ4v) is 2.76. The van der Waals surface area contributed by atoms with Crippen molar-refractivity contribution in [3.8, 4) is 0 Å². The highest BCUT2D eigenvalue weighted by Gasteiger charge is 2.21. The minimum atomic E-state index is 0.0318. The summed E-state index contributed by atoms with van der Waals surface area (Å²) < 4.78 is 5.34. The molecule has 1 amide bonds. The minimum Gasteiger partial charge on any atom is -0.379 e. The van der Waals surface area contributed by atoms with Crippen LogP contribution in [-0.2, 0) is 9.53 Å². The lowest BCUT2D eigenvalue weighted by Gasteiger charge is -2.29. The van der Waals surface area contributed by atoms with E-state index < -0.39 is 0 Å². The maximum absolute atomic E-state index is 12.0. The highest BCUT2D eigenvalue weighted by atomic mass is 16.5. The number of nitrogens with zero attached hydrogens (tertiary/aromatic N) is 1. The van der Waals surface area contributed by atoms with Gasteiger partial charge in [0, 0.05) is 26.2 Å². The summed E-state index contributed by atoms with van der Waals surface area (Å²) in [5, 5.41) is 6.37. The molecule has 110 valence electrons. The number of rotatable bonds is 5. The topological polar surface area (TPSA) is 53.6 Å². The van der Waals surface area contributed by atoms with Gasteiger partial charge in [0.2, 0.25) is 5.91 Å². The zero-order valence-corrected chi connectivity index (χ0v) is 12.0. The smallest absolute Gasteiger partial charge is 0.237 e. The number of ether oxygens (including phenoxy) is 1. The Labute approximate surface area is 116 Å². The third-order valence-electron chi connectivity index (χ3n) is 3.93. The van der Waals surface area contributed by atoms with Crippen LogP contribution in [0.25, 0.3) is 0 Å². The molecule has 0 aromatic carbocycles. The second-order valence-corrected chi connectivity index (χ2v) is 5.77. The number of carbonyl (C=O) groups excluding carboxylic acids is 1. The van der Waals surface area contributed by atoms with E-state index in [4.69, 9.17) is 4.74 Å². The predicted molar refractivity (Wildman–Crippen MR) is 75.1 cm³/mol. The average molecular weight is 269 g/mol. The van der Waals surface area contributed by atoms with Gasteiger partial charge in [-0.05, 0) is 25.3 Å². The fourth-order valence-electron chi connectivity index (χ4n) is 2.76. The first-order valence-electron chi connectivity index (χ1n) is 7.57. The van der Waals surface area contributed by atoms with E-state index in [1.807, 2.05) is 0 Å². The highest BCUT2D eigenvalue weighted by Crippen LogP contribution is 2.07. The first-order valence-corrected chi connectivity index (χ1v) is 7.57. The number of carbonyl (C=O) groups is 1. The third-order valence-corrected chi connectivity index (χ3v) is 3.93. The van der Waals surface area contributed by atoms with Gasteiger partial charge in [0.05, 0.1) is 19.3 Å². The molecule has 2 heterocycles. The maximum atomic E-state index is 12.0. The lowest BCUT2D eigenvalue weighted by atomic mass is 10.0. The first-order chi connectivity index (χ1) is 9.25. The summed E-state index contributed by atoms with van der Waals surface area (Å²) in [5.74, 6) is 0.666. The van der Waals surface area contributed by atoms with Gasteiger partial charge >= 0.3 is 0 Å². The highest BCUT2D eigenvalue weighted by molar-refractivity contribution is 5.81. The van der Waals surface area contributed by atoms with E-state index in [9.17, 15) is 4.79 Å². The number of hydrogen-bond acceptors (Lipinski definition) is 4. The zero-order valence-electron chi connectivity index (χ0n) is 12.0. The molecule has 0 aromatic heterocycles. The SMILES string of the molecule is CC(CNC(=O)[C@H]1CCCCN1)CN1CCOCC1. The summed E-state index contributed by atoms with van der Waals surface area (Å²) in [5.41, 5.74) is 0. The molecule has 19 heavy (non-hydrogen) atoms. The molecule has 2 fully saturated rings. The molecule has 2 saturated heterocycles. The second-order valence-electron chi connectivity index (χ2n) is 5.77. The van der Waals surface area contributed by atoms with E-state index >= 15 is 0 Å². The molecule has 0 aromatic rings. The maximum Gasteiger partial charge on any atom is 0.237 e. The summed E-state index contributed by atoms with van der Waals surface area (Å²) >= 11 is 0. The minimum absolute atomic E-state index is 0.0318. The molecule has 2 N–H and O–H groups in total. The second kappa shape index (κ2) is 7.82. The van der Waals surface area contributed by atoms with Crippen LogP contribution in [0.1, 0.15) is 26.2 Å². The average Bonchev–Trinajstić information content (AvgIpc) is 2.47. The van der Waals surface area contributed by atoms with Crippen molar-refractivity contribution < 1.29 is 9.53 Å². The number of amides is 1. The van der Waals surface area contributed by atoms with Crippen LogP contribution in [0.5, 0.6) is 0 Å². The van der Waals surface area contributed by atoms with Crippen molar-refractivity contribution in [1.82, 2.24) is 15.5 Å². The third kappa shape index (κ3) is 5.09. The van der Waals surface area contributed by atoms with Crippen molar-refractivity contribution in [2.75, 3.05) is 45.9 Å². The molecule has 0 bridgehead atoms. The molecule has 0 spiro atoms. The van der Waals surface area contributed by atoms with Crippen LogP contribution in [0, 0.1) is 5.92 Å². The quantitative estimate of drug-likeness (QED) is 0.749. The fraction of sp³-hybridized carbons (Fsp3) is 0.929. The van der Waals surface area contributed by atoms with Gasteiger partial charge in [0.15, 0.2) is 0 Å². The van der Waals surface area contributed by atoms with E-state index in [0.717, 1.165) is 58.8 Å². The van der Waals surface area contributed by atoms with Crippen LogP contribution in [0.2, 0.25) is 0 Å². The van der Waals surface area contributed by atoms with Crippen LogP contribution in [0.3, 0.4) is 0 Å². The monoisotopic (exact) mass is 269 g/mol. The Morgan fingerprint density at radius 2 is 2.21 bits per heavy atom. The van der Waals surface area contributed by atoms with Gasteiger partial charge in [0.25, 0.3) is 0 Å². The summed E-state index contributed by atoms with van der Waals surface area (Å²) in [6.07, 6.45) is 3.33. The van der Waals surface area contributed by atoms with E-state index in [1.165, 1.54) is 6.42 Å². The summed E-state index contributed by atoms with van der Waals surface area (Å²) in [4.78, 5) is 14.4. The molecule has 5 nitrogen and oxygen atoms in total. The predicted octanol–water partition coefficient (Wildman–Crippen LogP) is 0.213. The largest absolute Gasteiger partial charge is 0.379 e. The summed E-state index contributed by atoms with van der Waals surface area (Å²) in [7, 11) is 0. The van der Waals surface area contributed by atoms with Crippen LogP contribution < -0.4 is 10.6 Å². The van der Waals surface area contributed by atoms with Crippen molar-refractivity contribution in [3.05, 3.63) is 0 Å². The molecule has 2 aliphatic rings. The molecular formula is C14H27N3O2. The lowest BCUT2D eigenvalue weighted by Crippen LogP contribution is -2.48. The van der Waals surface area contributed by atoms with Gasteiger partial charge in [-0.2, -0.15) is 0 Å². The van der Waals surface area contributed by atoms with Gasteiger partial charge < -0.3 is 15.4 Å². The van der Waals surface area contributed by atoms with Gasteiger partial charge in [-0.3, -0.25) is 9.69 Å². The summed E-state index contributed by atoms with van der Waals surface area (Å²) in [6, 6.07) is 0.0318. The standard InChI is InChI=1S/C14H27N3O2/c1-12(11-17-6-8-19-9-7-17)10-16-14(18)13-4-2-3-5-15-13/h12-13,15H,2-11H2,1H3,(H,16,18)/t12?,13-/m1/s1. The van der Waals surface area contributed by atoms with Crippen LogP contribution in [-0.4, -0.2) is 62.8 Å². The van der Waals surface area contributed by atoms with Crippen molar-refractivity contribution in [1.29, 1.82) is 0 Å². The Morgan fingerprint density at radius 3 is 2.89 bits per heavy atom. The van der Waals surface area contributed by atoms with Gasteiger partial charge in [-0.15, -0.1) is 0 Å². The molecule has 2 rings (SSSR count). The normalized spacial score (nSPS) is 26.9. The zero-order chi connectivity index (χ0) is 13.5. The Kier molecular flexibility index (Phi) is 6.07. The molecule has 0 aliphatic carbocycles. The number of piperidine rings is 1. The van der Waals surface area contributed by atoms with Crippen molar-refractivity contribution in [2.45, 2.75) is 32.2 Å². The number of morpholine rings is 1. The molecule has 5 heteroatoms. The summed E-state index contributed by atoms with van der Waals surface area (Å²) in [6.45, 7) is 8.70. The van der Waals surface area contributed by atoms with E-state index in [1.54, 1.807) is 0 Å². The van der Waals surface area contributed by atoms with Gasteiger partial charge in [-0.1, -0.05) is 13.3 Å². The van der Waals surface area contributed by atoms with Crippen molar-refractivity contribution in [3.63, 3.8) is 0 Å². The molecule has 2 aliphatic heterocycles. The number of nitrogens with one attached hydrogen (secondary N) is 2. The Balaban J connectivity index is 1.61. The van der Waals surface area contributed by atoms with E-state index in [-0.39, 0.29) is 11.9 Å². The van der Waals surface area contributed by atoms with Gasteiger partial charge in [0.1, 0.15) is 0 Å². The lowest BCUT2D eigenvalue weighted by molar-refractivity contribution is -0.123. The van der Waals surface area contributed by atoms with E-state index in [2.05, 4.69) is 22.5 Å². The van der Waals surface area contributed by atoms with Crippen LogP contribution in [0.4, 0.5) is 0 Å². The van der Waals surface area contributed by atoms with Gasteiger partial charge in [-0.25, -0.2) is 0 Å². The Hall–Kier alpha value is -0.650. The first kappa shape index (κ1) is 14.8. The molecular weight excluding hydrogens is 242 g/mol. The van der Waals surface area contributed by atoms with Crippen LogP contribution >= 0.6 is 0 Å². The van der Waals surface area contributed by atoms with E-state index in [0.29, 0.717) is 5.92 Å². The molecule has 0 radical (unpaired) electrons. The molecule has 1 unspecified atom stereocenters. The number of hydrogen-bond donors (Lipinski definition) is 2. The van der Waals surface area contributed by atoms with Crippen LogP contribution in [0.15, 0.2) is 0 Å². The molecule has 2 atom stereocenters. The van der Waals surface area contributed by atoms with Crippen molar-refractivity contribution in [2.24, 2.45) is 5.92 Å². The van der Waals surface area contributed by atoms with Crippen molar-refractivity contribution >= 4 is 5.91 Å².